The highest BCUT2D eigenvalue weighted by Crippen LogP contribution is 2.06. The average Bonchev–Trinajstić information content (AvgIpc) is 2.18. The molecule has 0 radical (unpaired) electrons. The van der Waals surface area contributed by atoms with E-state index in [0.29, 0.717) is 6.54 Å². The van der Waals surface area contributed by atoms with E-state index in [9.17, 15) is 9.59 Å². The van der Waals surface area contributed by atoms with Crippen molar-refractivity contribution in [3.63, 3.8) is 0 Å². The molecule has 1 aliphatic heterocycles. The van der Waals surface area contributed by atoms with E-state index in [1.807, 2.05) is 0 Å². The van der Waals surface area contributed by atoms with Gasteiger partial charge >= 0.3 is 11.8 Å². The maximum atomic E-state index is 11.6. The Balaban J connectivity index is 2.19. The van der Waals surface area contributed by atoms with Crippen LogP contribution in [-0.4, -0.2) is 73.8 Å². The summed E-state index contributed by atoms with van der Waals surface area (Å²) in [5.74, 6) is -0.875. The first-order valence-electron chi connectivity index (χ1n) is 5.71. The topological polar surface area (TPSA) is 43.9 Å². The number of likely N-dealkylation sites (N-methyl/N-ethyl adjacent to an activating group) is 2. The van der Waals surface area contributed by atoms with Crippen LogP contribution < -0.4 is 0 Å². The Bertz CT molecular complexity index is 262. The zero-order valence-electron chi connectivity index (χ0n) is 10.4. The monoisotopic (exact) mass is 227 g/mol. The van der Waals surface area contributed by atoms with Crippen LogP contribution in [0.1, 0.15) is 12.8 Å². The number of carbonyl (C=O) groups is 2. The molecule has 0 aromatic rings. The van der Waals surface area contributed by atoms with Crippen LogP contribution >= 0.6 is 0 Å². The maximum absolute atomic E-state index is 11.6. The van der Waals surface area contributed by atoms with Crippen molar-refractivity contribution in [3.8, 4) is 0 Å². The summed E-state index contributed by atoms with van der Waals surface area (Å²) >= 11 is 0. The molecule has 5 heteroatoms. The van der Waals surface area contributed by atoms with Crippen molar-refractivity contribution in [1.29, 1.82) is 0 Å². The summed E-state index contributed by atoms with van der Waals surface area (Å²) in [4.78, 5) is 28.1. The van der Waals surface area contributed by atoms with Crippen molar-refractivity contribution in [2.75, 3.05) is 47.3 Å². The normalized spacial score (nSPS) is 15.4. The lowest BCUT2D eigenvalue weighted by Gasteiger charge is -2.31. The Hall–Kier alpha value is -1.10. The second kappa shape index (κ2) is 5.84. The number of hydrogen-bond donors (Lipinski definition) is 0. The van der Waals surface area contributed by atoms with Crippen LogP contribution in [0.5, 0.6) is 0 Å². The van der Waals surface area contributed by atoms with Crippen molar-refractivity contribution in [3.05, 3.63) is 0 Å². The van der Waals surface area contributed by atoms with Gasteiger partial charge in [-0.1, -0.05) is 0 Å². The summed E-state index contributed by atoms with van der Waals surface area (Å²) in [6.45, 7) is 4.02. The predicted octanol–water partition coefficient (Wildman–Crippen LogP) is -0.371. The predicted molar refractivity (Wildman–Crippen MR) is 62.0 cm³/mol. The molecule has 0 aliphatic carbocycles. The molecule has 1 saturated heterocycles. The number of nitrogens with zero attached hydrogens (tertiary/aromatic N) is 3. The van der Waals surface area contributed by atoms with Gasteiger partial charge in [0.05, 0.1) is 0 Å². The average molecular weight is 227 g/mol. The van der Waals surface area contributed by atoms with Crippen molar-refractivity contribution >= 4 is 11.8 Å². The van der Waals surface area contributed by atoms with Crippen LogP contribution in [0.15, 0.2) is 0 Å². The van der Waals surface area contributed by atoms with Crippen LogP contribution in [-0.2, 0) is 9.59 Å². The molecule has 0 bridgehead atoms. The van der Waals surface area contributed by atoms with Crippen LogP contribution in [0.3, 0.4) is 0 Å². The molecule has 2 amide bonds. The summed E-state index contributed by atoms with van der Waals surface area (Å²) in [5, 5.41) is 0. The first-order valence-corrected chi connectivity index (χ1v) is 5.71. The van der Waals surface area contributed by atoms with Crippen LogP contribution in [0.2, 0.25) is 0 Å². The number of hydrogen-bond acceptors (Lipinski definition) is 3. The van der Waals surface area contributed by atoms with E-state index in [2.05, 4.69) is 4.90 Å². The molecule has 0 atom stereocenters. The highest BCUT2D eigenvalue weighted by Gasteiger charge is 2.20. The molecule has 0 aromatic heterocycles. The Labute approximate surface area is 97.0 Å². The van der Waals surface area contributed by atoms with Gasteiger partial charge in [0.2, 0.25) is 0 Å². The lowest BCUT2D eigenvalue weighted by molar-refractivity contribution is -0.149. The number of amides is 2. The summed E-state index contributed by atoms with van der Waals surface area (Å²) in [5.41, 5.74) is 0. The molecular weight excluding hydrogens is 206 g/mol. The zero-order valence-corrected chi connectivity index (χ0v) is 10.4. The Morgan fingerprint density at radius 3 is 2.19 bits per heavy atom. The molecule has 92 valence electrons. The van der Waals surface area contributed by atoms with Crippen molar-refractivity contribution in [1.82, 2.24) is 14.7 Å². The Morgan fingerprint density at radius 2 is 1.75 bits per heavy atom. The molecular formula is C11H21N3O2. The minimum atomic E-state index is -0.452. The lowest BCUT2D eigenvalue weighted by Crippen LogP contribution is -2.42. The third kappa shape index (κ3) is 3.48. The fraction of sp³-hybridized carbons (Fsp3) is 0.818. The van der Waals surface area contributed by atoms with Gasteiger partial charge < -0.3 is 14.7 Å². The molecule has 1 aliphatic rings. The molecule has 5 nitrogen and oxygen atoms in total. The van der Waals surface area contributed by atoms with Gasteiger partial charge in [0, 0.05) is 27.7 Å². The van der Waals surface area contributed by atoms with Crippen LogP contribution in [0.4, 0.5) is 0 Å². The van der Waals surface area contributed by atoms with Crippen molar-refractivity contribution in [2.45, 2.75) is 12.8 Å². The zero-order chi connectivity index (χ0) is 12.1. The fourth-order valence-corrected chi connectivity index (χ4v) is 1.59. The second-order valence-corrected chi connectivity index (χ2v) is 4.48. The van der Waals surface area contributed by atoms with E-state index in [1.165, 1.54) is 29.3 Å². The highest BCUT2D eigenvalue weighted by molar-refractivity contribution is 6.34. The first kappa shape index (κ1) is 13.0. The van der Waals surface area contributed by atoms with E-state index in [-0.39, 0.29) is 0 Å². The van der Waals surface area contributed by atoms with Gasteiger partial charge in [0.25, 0.3) is 0 Å². The van der Waals surface area contributed by atoms with Gasteiger partial charge in [0.15, 0.2) is 0 Å². The molecule has 1 heterocycles. The van der Waals surface area contributed by atoms with Crippen molar-refractivity contribution < 1.29 is 9.59 Å². The quantitative estimate of drug-likeness (QED) is 0.615. The van der Waals surface area contributed by atoms with E-state index in [1.54, 1.807) is 21.1 Å². The SMILES string of the molecule is CN(C)C(=O)C(=O)N(C)CCCN1CCC1. The molecule has 0 N–H and O–H groups in total. The van der Waals surface area contributed by atoms with E-state index in [0.717, 1.165) is 13.0 Å². The second-order valence-electron chi connectivity index (χ2n) is 4.48. The maximum Gasteiger partial charge on any atom is 0.311 e. The van der Waals surface area contributed by atoms with Gasteiger partial charge in [-0.2, -0.15) is 0 Å². The van der Waals surface area contributed by atoms with Crippen molar-refractivity contribution in [2.24, 2.45) is 0 Å². The van der Waals surface area contributed by atoms with Crippen LogP contribution in [0.25, 0.3) is 0 Å². The van der Waals surface area contributed by atoms with E-state index in [4.69, 9.17) is 0 Å². The summed E-state index contributed by atoms with van der Waals surface area (Å²) in [7, 11) is 4.86. The van der Waals surface area contributed by atoms with Gasteiger partial charge in [-0.3, -0.25) is 9.59 Å². The Morgan fingerprint density at radius 1 is 1.12 bits per heavy atom. The van der Waals surface area contributed by atoms with E-state index < -0.39 is 11.8 Å². The van der Waals surface area contributed by atoms with Gasteiger partial charge in [-0.15, -0.1) is 0 Å². The summed E-state index contributed by atoms with van der Waals surface area (Å²) in [6.07, 6.45) is 2.22. The fourth-order valence-electron chi connectivity index (χ4n) is 1.59. The van der Waals surface area contributed by atoms with Gasteiger partial charge in [0.1, 0.15) is 0 Å². The molecule has 0 unspecified atom stereocenters. The molecule has 0 saturated carbocycles. The third-order valence-electron chi connectivity index (χ3n) is 2.85. The molecule has 1 fully saturated rings. The first-order chi connectivity index (χ1) is 7.52. The largest absolute Gasteiger partial charge is 0.341 e. The molecule has 0 aromatic carbocycles. The minimum Gasteiger partial charge on any atom is -0.341 e. The molecule has 16 heavy (non-hydrogen) atoms. The summed E-state index contributed by atoms with van der Waals surface area (Å²) < 4.78 is 0. The van der Waals surface area contributed by atoms with E-state index >= 15 is 0 Å². The minimum absolute atomic E-state index is 0.423. The number of rotatable bonds is 4. The highest BCUT2D eigenvalue weighted by atomic mass is 16.2. The smallest absolute Gasteiger partial charge is 0.311 e. The number of likely N-dealkylation sites (tertiary alicyclic amines) is 1. The standard InChI is InChI=1S/C11H21N3O2/c1-12(2)10(15)11(16)13(3)6-4-7-14-8-5-9-14/h4-9H2,1-3H3. The van der Waals surface area contributed by atoms with Gasteiger partial charge in [-0.25, -0.2) is 0 Å². The molecule has 1 rings (SSSR count). The summed E-state index contributed by atoms with van der Waals surface area (Å²) in [6, 6.07) is 0. The Kier molecular flexibility index (Phi) is 4.73. The van der Waals surface area contributed by atoms with Gasteiger partial charge in [-0.05, 0) is 32.5 Å². The lowest BCUT2D eigenvalue weighted by atomic mass is 10.2. The molecule has 0 spiro atoms. The van der Waals surface area contributed by atoms with Crippen LogP contribution in [0, 0.1) is 0 Å². The number of carbonyl (C=O) groups excluding carboxylic acids is 2. The third-order valence-corrected chi connectivity index (χ3v) is 2.85.